The maximum atomic E-state index is 12.5. The third-order valence-electron chi connectivity index (χ3n) is 3.65. The van der Waals surface area contributed by atoms with Crippen LogP contribution in [0.4, 0.5) is 0 Å². The van der Waals surface area contributed by atoms with Crippen LogP contribution in [-0.2, 0) is 0 Å². The number of piperidine rings is 1. The highest BCUT2D eigenvalue weighted by atomic mass is 16.5. The molecule has 3 heterocycles. The van der Waals surface area contributed by atoms with Crippen LogP contribution in [0.1, 0.15) is 28.9 Å². The second kappa shape index (κ2) is 6.51. The van der Waals surface area contributed by atoms with Crippen molar-refractivity contribution in [2.75, 3.05) is 13.1 Å². The molecule has 1 aliphatic heterocycles. The molecule has 0 radical (unpaired) electrons. The highest BCUT2D eigenvalue weighted by Crippen LogP contribution is 2.18. The summed E-state index contributed by atoms with van der Waals surface area (Å²) in [6.07, 6.45) is 5.05. The average Bonchev–Trinajstić information content (AvgIpc) is 2.57. The zero-order chi connectivity index (χ0) is 15.4. The summed E-state index contributed by atoms with van der Waals surface area (Å²) in [6, 6.07) is 7.15. The van der Waals surface area contributed by atoms with Crippen LogP contribution >= 0.6 is 0 Å². The van der Waals surface area contributed by atoms with E-state index < -0.39 is 0 Å². The molecule has 0 unspecified atom stereocenters. The van der Waals surface area contributed by atoms with E-state index in [1.807, 2.05) is 24.0 Å². The first-order valence-electron chi connectivity index (χ1n) is 7.38. The number of rotatable bonds is 3. The topological polar surface area (TPSA) is 68.2 Å². The molecule has 114 valence electrons. The van der Waals surface area contributed by atoms with Crippen molar-refractivity contribution in [2.24, 2.45) is 0 Å². The molecular formula is C16H18N4O2. The minimum absolute atomic E-state index is 0.0192. The number of likely N-dealkylation sites (tertiary alicyclic amines) is 1. The zero-order valence-electron chi connectivity index (χ0n) is 12.5. The Morgan fingerprint density at radius 2 is 2.05 bits per heavy atom. The van der Waals surface area contributed by atoms with Gasteiger partial charge in [0.2, 0.25) is 5.88 Å². The number of hydrogen-bond donors (Lipinski definition) is 0. The van der Waals surface area contributed by atoms with E-state index in [1.165, 1.54) is 0 Å². The van der Waals surface area contributed by atoms with E-state index >= 15 is 0 Å². The van der Waals surface area contributed by atoms with Crippen molar-refractivity contribution >= 4 is 5.91 Å². The van der Waals surface area contributed by atoms with Crippen LogP contribution in [0.5, 0.6) is 5.88 Å². The van der Waals surface area contributed by atoms with Gasteiger partial charge in [0.1, 0.15) is 6.10 Å². The lowest BCUT2D eigenvalue weighted by molar-refractivity contribution is 0.0525. The third kappa shape index (κ3) is 3.39. The Morgan fingerprint density at radius 3 is 2.77 bits per heavy atom. The minimum Gasteiger partial charge on any atom is -0.471 e. The summed E-state index contributed by atoms with van der Waals surface area (Å²) in [7, 11) is 0. The first-order valence-corrected chi connectivity index (χ1v) is 7.38. The van der Waals surface area contributed by atoms with Crippen LogP contribution in [0.25, 0.3) is 0 Å². The standard InChI is InChI=1S/C16H18N4O2/c1-12-4-5-15(19-18-12)22-14-3-2-10-20(11-14)16(21)13-6-8-17-9-7-13/h4-9,14H,2-3,10-11H2,1H3/t14-/m1/s1. The van der Waals surface area contributed by atoms with Crippen LogP contribution in [0.2, 0.25) is 0 Å². The number of carbonyl (C=O) groups is 1. The fourth-order valence-corrected chi connectivity index (χ4v) is 2.52. The Balaban J connectivity index is 1.64. The lowest BCUT2D eigenvalue weighted by atomic mass is 10.1. The van der Waals surface area contributed by atoms with Gasteiger partial charge in [-0.25, -0.2) is 0 Å². The lowest BCUT2D eigenvalue weighted by Crippen LogP contribution is -2.44. The van der Waals surface area contributed by atoms with Crippen molar-refractivity contribution in [1.29, 1.82) is 0 Å². The minimum atomic E-state index is -0.0449. The number of nitrogens with zero attached hydrogens (tertiary/aromatic N) is 4. The van der Waals surface area contributed by atoms with Crippen LogP contribution in [0, 0.1) is 6.92 Å². The van der Waals surface area contributed by atoms with Gasteiger partial charge in [0.25, 0.3) is 5.91 Å². The summed E-state index contributed by atoms with van der Waals surface area (Å²) >= 11 is 0. The number of aromatic nitrogens is 3. The first kappa shape index (κ1) is 14.4. The Bertz CT molecular complexity index is 630. The second-order valence-electron chi connectivity index (χ2n) is 5.38. The number of ether oxygens (including phenoxy) is 1. The van der Waals surface area contributed by atoms with E-state index in [9.17, 15) is 4.79 Å². The van der Waals surface area contributed by atoms with Crippen LogP contribution in [0.15, 0.2) is 36.7 Å². The van der Waals surface area contributed by atoms with E-state index in [0.717, 1.165) is 25.1 Å². The predicted molar refractivity (Wildman–Crippen MR) is 80.6 cm³/mol. The summed E-state index contributed by atoms with van der Waals surface area (Å²) in [5.74, 6) is 0.527. The predicted octanol–water partition coefficient (Wildman–Crippen LogP) is 1.86. The molecule has 1 fully saturated rings. The van der Waals surface area contributed by atoms with Gasteiger partial charge in [0, 0.05) is 30.6 Å². The van der Waals surface area contributed by atoms with Gasteiger partial charge in [-0.3, -0.25) is 9.78 Å². The largest absolute Gasteiger partial charge is 0.471 e. The van der Waals surface area contributed by atoms with Gasteiger partial charge < -0.3 is 9.64 Å². The quantitative estimate of drug-likeness (QED) is 0.865. The van der Waals surface area contributed by atoms with E-state index in [2.05, 4.69) is 15.2 Å². The first-order chi connectivity index (χ1) is 10.7. The highest BCUT2D eigenvalue weighted by molar-refractivity contribution is 5.94. The van der Waals surface area contributed by atoms with E-state index in [4.69, 9.17) is 4.74 Å². The number of amides is 1. The molecule has 0 aliphatic carbocycles. The molecule has 0 saturated carbocycles. The van der Waals surface area contributed by atoms with Gasteiger partial charge in [0.15, 0.2) is 0 Å². The summed E-state index contributed by atoms with van der Waals surface area (Å²) in [4.78, 5) is 18.2. The number of pyridine rings is 1. The van der Waals surface area contributed by atoms with Crippen molar-refractivity contribution in [3.63, 3.8) is 0 Å². The van der Waals surface area contributed by atoms with Gasteiger partial charge >= 0.3 is 0 Å². The second-order valence-corrected chi connectivity index (χ2v) is 5.38. The van der Waals surface area contributed by atoms with Crippen LogP contribution < -0.4 is 4.74 Å². The smallest absolute Gasteiger partial charge is 0.254 e. The van der Waals surface area contributed by atoms with E-state index in [0.29, 0.717) is 18.0 Å². The summed E-state index contributed by atoms with van der Waals surface area (Å²) in [6.45, 7) is 3.20. The molecule has 1 aliphatic rings. The number of hydrogen-bond acceptors (Lipinski definition) is 5. The molecule has 6 nitrogen and oxygen atoms in total. The Kier molecular flexibility index (Phi) is 4.27. The van der Waals surface area contributed by atoms with Crippen molar-refractivity contribution in [3.05, 3.63) is 47.9 Å². The molecule has 2 aromatic rings. The highest BCUT2D eigenvalue weighted by Gasteiger charge is 2.25. The lowest BCUT2D eigenvalue weighted by Gasteiger charge is -2.32. The molecule has 1 atom stereocenters. The molecule has 0 aromatic carbocycles. The number of carbonyl (C=O) groups excluding carboxylic acids is 1. The Hall–Kier alpha value is -2.50. The molecule has 0 spiro atoms. The molecule has 0 N–H and O–H groups in total. The maximum absolute atomic E-state index is 12.5. The van der Waals surface area contributed by atoms with Crippen molar-refractivity contribution < 1.29 is 9.53 Å². The van der Waals surface area contributed by atoms with Gasteiger partial charge in [-0.05, 0) is 38.0 Å². The van der Waals surface area contributed by atoms with Gasteiger partial charge in [0.05, 0.1) is 12.2 Å². The molecule has 2 aromatic heterocycles. The van der Waals surface area contributed by atoms with Crippen LogP contribution in [-0.4, -0.2) is 45.2 Å². The van der Waals surface area contributed by atoms with E-state index in [1.54, 1.807) is 24.5 Å². The molecule has 0 bridgehead atoms. The molecule has 22 heavy (non-hydrogen) atoms. The third-order valence-corrected chi connectivity index (χ3v) is 3.65. The Morgan fingerprint density at radius 1 is 1.23 bits per heavy atom. The summed E-state index contributed by atoms with van der Waals surface area (Å²) < 4.78 is 5.85. The van der Waals surface area contributed by atoms with Crippen molar-refractivity contribution in [2.45, 2.75) is 25.9 Å². The SMILES string of the molecule is Cc1ccc(O[C@@H]2CCCN(C(=O)c3ccncc3)C2)nn1. The van der Waals surface area contributed by atoms with Crippen LogP contribution in [0.3, 0.4) is 0 Å². The average molecular weight is 298 g/mol. The Labute approximate surface area is 129 Å². The maximum Gasteiger partial charge on any atom is 0.254 e. The van der Waals surface area contributed by atoms with Gasteiger partial charge in [-0.15, -0.1) is 5.10 Å². The number of aryl methyl sites for hydroxylation is 1. The van der Waals surface area contributed by atoms with E-state index in [-0.39, 0.29) is 12.0 Å². The summed E-state index contributed by atoms with van der Waals surface area (Å²) in [5, 5.41) is 8.00. The normalized spacial score (nSPS) is 18.0. The summed E-state index contributed by atoms with van der Waals surface area (Å²) in [5.41, 5.74) is 1.51. The van der Waals surface area contributed by atoms with Crippen molar-refractivity contribution in [1.82, 2.24) is 20.1 Å². The molecular weight excluding hydrogens is 280 g/mol. The molecule has 1 saturated heterocycles. The molecule has 3 rings (SSSR count). The van der Waals surface area contributed by atoms with Crippen molar-refractivity contribution in [3.8, 4) is 5.88 Å². The van der Waals surface area contributed by atoms with Gasteiger partial charge in [-0.1, -0.05) is 0 Å². The van der Waals surface area contributed by atoms with Gasteiger partial charge in [-0.2, -0.15) is 5.10 Å². The monoisotopic (exact) mass is 298 g/mol. The zero-order valence-corrected chi connectivity index (χ0v) is 12.5. The fraction of sp³-hybridized carbons (Fsp3) is 0.375. The fourth-order valence-electron chi connectivity index (χ4n) is 2.52. The molecule has 6 heteroatoms. The molecule has 1 amide bonds.